The molecule has 0 fully saturated rings. The molecule has 0 saturated heterocycles. The first-order valence-corrected chi connectivity index (χ1v) is 8.78. The fourth-order valence-corrected chi connectivity index (χ4v) is 3.44. The van der Waals surface area contributed by atoms with Crippen LogP contribution >= 0.6 is 11.6 Å². The van der Waals surface area contributed by atoms with Crippen molar-refractivity contribution in [3.63, 3.8) is 0 Å². The Balaban J connectivity index is 1.59. The summed E-state index contributed by atoms with van der Waals surface area (Å²) in [6, 6.07) is 15.6. The van der Waals surface area contributed by atoms with Gasteiger partial charge in [0.25, 0.3) is 0 Å². The minimum atomic E-state index is -0.0863. The van der Waals surface area contributed by atoms with Crippen LogP contribution in [0.4, 0.5) is 11.4 Å². The average Bonchev–Trinajstić information content (AvgIpc) is 3.22. The second kappa shape index (κ2) is 6.17. The molecule has 0 radical (unpaired) electrons. The number of pyridine rings is 1. The largest absolute Gasteiger partial charge is 0.494 e. The normalized spacial score (nSPS) is 14.1. The molecular formula is C20H12ClN5O2. The van der Waals surface area contributed by atoms with Gasteiger partial charge in [-0.05, 0) is 42.5 Å². The van der Waals surface area contributed by atoms with Crippen molar-refractivity contribution in [1.29, 1.82) is 0 Å². The molecular weight excluding hydrogens is 378 g/mol. The Bertz CT molecular complexity index is 1270. The SMILES string of the molecule is Oc1c2ccccc2c(O)n1-c1ccc(N=C2N=Nc3cccnc32)cc1Cl. The van der Waals surface area contributed by atoms with Gasteiger partial charge in [-0.2, -0.15) is 0 Å². The monoisotopic (exact) mass is 389 g/mol. The van der Waals surface area contributed by atoms with Crippen molar-refractivity contribution < 1.29 is 10.2 Å². The van der Waals surface area contributed by atoms with Crippen molar-refractivity contribution in [1.82, 2.24) is 9.55 Å². The maximum atomic E-state index is 10.5. The third-order valence-electron chi connectivity index (χ3n) is 4.49. The van der Waals surface area contributed by atoms with E-state index in [0.29, 0.717) is 44.4 Å². The topological polar surface area (TPSA) is 95.4 Å². The lowest BCUT2D eigenvalue weighted by molar-refractivity contribution is 0.406. The predicted octanol–water partition coefficient (Wildman–Crippen LogP) is 5.27. The lowest BCUT2D eigenvalue weighted by Crippen LogP contribution is -1.96. The van der Waals surface area contributed by atoms with Crippen LogP contribution < -0.4 is 0 Å². The highest BCUT2D eigenvalue weighted by atomic mass is 35.5. The molecule has 3 heterocycles. The Morgan fingerprint density at radius 3 is 2.36 bits per heavy atom. The second-order valence-corrected chi connectivity index (χ2v) is 6.58. The predicted molar refractivity (Wildman–Crippen MR) is 107 cm³/mol. The highest BCUT2D eigenvalue weighted by Gasteiger charge is 2.20. The standard InChI is InChI=1S/C20H12ClN5O2/c21-14-10-11(23-18-17-15(24-25-18)6-3-9-22-17)7-8-16(14)26-19(27)12-4-1-2-5-13(12)20(26)28/h1-10,27-28H. The molecule has 28 heavy (non-hydrogen) atoms. The molecule has 0 saturated carbocycles. The van der Waals surface area contributed by atoms with Gasteiger partial charge >= 0.3 is 0 Å². The number of halogens is 1. The number of azo groups is 1. The van der Waals surface area contributed by atoms with E-state index in [-0.39, 0.29) is 11.8 Å². The Morgan fingerprint density at radius 2 is 1.64 bits per heavy atom. The third-order valence-corrected chi connectivity index (χ3v) is 4.79. The molecule has 0 spiro atoms. The van der Waals surface area contributed by atoms with Crippen LogP contribution in [0.2, 0.25) is 5.02 Å². The summed E-state index contributed by atoms with van der Waals surface area (Å²) in [7, 11) is 0. The number of fused-ring (bicyclic) bond motifs is 2. The Morgan fingerprint density at radius 1 is 0.893 bits per heavy atom. The summed E-state index contributed by atoms with van der Waals surface area (Å²) < 4.78 is 1.30. The molecule has 2 aromatic heterocycles. The zero-order chi connectivity index (χ0) is 19.3. The average molecular weight is 390 g/mol. The summed E-state index contributed by atoms with van der Waals surface area (Å²) in [5.74, 6) is 0.227. The molecule has 0 atom stereocenters. The van der Waals surface area contributed by atoms with E-state index in [9.17, 15) is 10.2 Å². The van der Waals surface area contributed by atoms with Crippen LogP contribution in [0.25, 0.3) is 16.5 Å². The number of benzene rings is 2. The maximum Gasteiger partial charge on any atom is 0.206 e. The number of amidine groups is 1. The van der Waals surface area contributed by atoms with Gasteiger partial charge in [-0.15, -0.1) is 10.2 Å². The molecule has 0 unspecified atom stereocenters. The van der Waals surface area contributed by atoms with Crippen molar-refractivity contribution in [2.75, 3.05) is 0 Å². The van der Waals surface area contributed by atoms with Gasteiger partial charge in [-0.3, -0.25) is 4.98 Å². The van der Waals surface area contributed by atoms with E-state index in [0.717, 1.165) is 0 Å². The van der Waals surface area contributed by atoms with E-state index in [1.165, 1.54) is 4.57 Å². The number of aromatic nitrogens is 2. The van der Waals surface area contributed by atoms with Gasteiger partial charge in [-0.1, -0.05) is 23.7 Å². The van der Waals surface area contributed by atoms with Crippen LogP contribution in [0.3, 0.4) is 0 Å². The van der Waals surface area contributed by atoms with Gasteiger partial charge in [0.1, 0.15) is 11.4 Å². The van der Waals surface area contributed by atoms with Gasteiger partial charge in [0.2, 0.25) is 17.6 Å². The van der Waals surface area contributed by atoms with Crippen molar-refractivity contribution in [3.8, 4) is 17.4 Å². The molecule has 1 aliphatic heterocycles. The molecule has 7 nitrogen and oxygen atoms in total. The van der Waals surface area contributed by atoms with Crippen LogP contribution in [-0.4, -0.2) is 25.6 Å². The van der Waals surface area contributed by atoms with Crippen LogP contribution in [0.1, 0.15) is 5.69 Å². The van der Waals surface area contributed by atoms with E-state index in [2.05, 4.69) is 20.2 Å². The highest BCUT2D eigenvalue weighted by Crippen LogP contribution is 2.41. The molecule has 8 heteroatoms. The zero-order valence-electron chi connectivity index (χ0n) is 14.3. The fraction of sp³-hybridized carbons (Fsp3) is 0. The van der Waals surface area contributed by atoms with Gasteiger partial charge < -0.3 is 10.2 Å². The summed E-state index contributed by atoms with van der Waals surface area (Å²) >= 11 is 6.44. The van der Waals surface area contributed by atoms with E-state index in [1.54, 1.807) is 54.7 Å². The van der Waals surface area contributed by atoms with Gasteiger partial charge in [-0.25, -0.2) is 9.56 Å². The summed E-state index contributed by atoms with van der Waals surface area (Å²) in [6.45, 7) is 0. The minimum absolute atomic E-state index is 0.0863. The number of rotatable bonds is 2. The zero-order valence-corrected chi connectivity index (χ0v) is 15.0. The first kappa shape index (κ1) is 16.5. The van der Waals surface area contributed by atoms with Crippen LogP contribution in [0.5, 0.6) is 11.8 Å². The molecule has 5 rings (SSSR count). The fourth-order valence-electron chi connectivity index (χ4n) is 3.19. The lowest BCUT2D eigenvalue weighted by atomic mass is 10.2. The Kier molecular flexibility index (Phi) is 3.63. The van der Waals surface area contributed by atoms with Gasteiger partial charge in [0, 0.05) is 17.0 Å². The van der Waals surface area contributed by atoms with Crippen molar-refractivity contribution >= 4 is 39.6 Å². The third kappa shape index (κ3) is 2.44. The van der Waals surface area contributed by atoms with Crippen LogP contribution in [0.15, 0.2) is 76.0 Å². The smallest absolute Gasteiger partial charge is 0.206 e. The summed E-state index contributed by atoms with van der Waals surface area (Å²) in [6.07, 6.45) is 1.66. The van der Waals surface area contributed by atoms with Crippen molar-refractivity contribution in [2.24, 2.45) is 15.2 Å². The lowest BCUT2D eigenvalue weighted by Gasteiger charge is -2.09. The summed E-state index contributed by atoms with van der Waals surface area (Å²) in [5.41, 5.74) is 2.26. The van der Waals surface area contributed by atoms with Crippen LogP contribution in [-0.2, 0) is 0 Å². The van der Waals surface area contributed by atoms with Crippen LogP contribution in [0, 0.1) is 0 Å². The first-order valence-electron chi connectivity index (χ1n) is 8.40. The molecule has 0 bridgehead atoms. The summed E-state index contributed by atoms with van der Waals surface area (Å²) in [4.78, 5) is 8.71. The number of hydrogen-bond acceptors (Lipinski definition) is 5. The molecule has 2 N–H and O–H groups in total. The Hall–Kier alpha value is -3.71. The number of aliphatic imine (C=N–C) groups is 1. The maximum absolute atomic E-state index is 10.5. The van der Waals surface area contributed by atoms with Crippen molar-refractivity contribution in [2.45, 2.75) is 0 Å². The molecule has 136 valence electrons. The van der Waals surface area contributed by atoms with E-state index >= 15 is 0 Å². The van der Waals surface area contributed by atoms with Gasteiger partial charge in [0.15, 0.2) is 0 Å². The van der Waals surface area contributed by atoms with E-state index in [1.807, 2.05) is 6.07 Å². The first-order chi connectivity index (χ1) is 13.6. The molecule has 1 aliphatic rings. The number of nitrogens with zero attached hydrogens (tertiary/aromatic N) is 5. The van der Waals surface area contributed by atoms with E-state index in [4.69, 9.17) is 11.6 Å². The minimum Gasteiger partial charge on any atom is -0.494 e. The molecule has 0 aliphatic carbocycles. The van der Waals surface area contributed by atoms with Crippen molar-refractivity contribution in [3.05, 3.63) is 71.5 Å². The molecule has 4 aromatic rings. The Labute approximate surface area is 163 Å². The van der Waals surface area contributed by atoms with Gasteiger partial charge in [0.05, 0.1) is 16.4 Å². The summed E-state index contributed by atoms with van der Waals surface area (Å²) in [5, 5.41) is 30.5. The quantitative estimate of drug-likeness (QED) is 0.489. The van der Waals surface area contributed by atoms with E-state index < -0.39 is 0 Å². The number of aromatic hydroxyl groups is 2. The highest BCUT2D eigenvalue weighted by molar-refractivity contribution is 6.32. The molecule has 2 aromatic carbocycles. The second-order valence-electron chi connectivity index (χ2n) is 6.17. The number of hydrogen-bond donors (Lipinski definition) is 2. The molecule has 0 amide bonds.